The number of nitro benzene ring substituents is 1. The van der Waals surface area contributed by atoms with E-state index >= 15 is 0 Å². The summed E-state index contributed by atoms with van der Waals surface area (Å²) in [6, 6.07) is 4.01. The fourth-order valence-electron chi connectivity index (χ4n) is 1.19. The van der Waals surface area contributed by atoms with Crippen molar-refractivity contribution in [3.8, 4) is 0 Å². The Hall–Kier alpha value is -2.97. The van der Waals surface area contributed by atoms with Crippen molar-refractivity contribution in [2.45, 2.75) is 0 Å². The summed E-state index contributed by atoms with van der Waals surface area (Å²) < 4.78 is 4.52. The smallest absolute Gasteiger partial charge is 0.345 e. The second-order valence-corrected chi connectivity index (χ2v) is 3.26. The minimum Gasteiger partial charge on any atom is -0.452 e. The molecule has 0 radical (unpaired) electrons. The van der Waals surface area contributed by atoms with Gasteiger partial charge in [0.1, 0.15) is 5.56 Å². The van der Waals surface area contributed by atoms with Crippen LogP contribution in [-0.2, 0) is 9.53 Å². The molecule has 0 aliphatic carbocycles. The molecule has 0 heterocycles. The number of nitrogens with zero attached hydrogens (tertiary/aromatic N) is 1. The first kappa shape index (κ1) is 14.1. The predicted octanol–water partition coefficient (Wildman–Crippen LogP) is -0.0535. The van der Waals surface area contributed by atoms with Crippen LogP contribution in [0, 0.1) is 10.1 Å². The molecule has 0 spiro atoms. The van der Waals surface area contributed by atoms with Crippen LogP contribution in [0.15, 0.2) is 24.3 Å². The fraction of sp³-hybridized carbons (Fsp3) is 0.100. The molecule has 0 unspecified atom stereocenters. The van der Waals surface area contributed by atoms with Crippen molar-refractivity contribution in [2.75, 3.05) is 6.61 Å². The highest BCUT2D eigenvalue weighted by molar-refractivity contribution is 5.97. The normalized spacial score (nSPS) is 9.47. The van der Waals surface area contributed by atoms with E-state index in [1.807, 2.05) is 0 Å². The number of hydrogen-bond donors (Lipinski definition) is 2. The molecule has 0 bridgehead atoms. The Morgan fingerprint density at radius 1 is 1.32 bits per heavy atom. The van der Waals surface area contributed by atoms with E-state index in [1.165, 1.54) is 18.2 Å². The molecule has 0 aliphatic heterocycles. The van der Waals surface area contributed by atoms with Gasteiger partial charge in [-0.05, 0) is 6.07 Å². The monoisotopic (exact) mass is 267 g/mol. The number of para-hydroxylation sites is 1. The number of esters is 1. The second-order valence-electron chi connectivity index (χ2n) is 3.26. The highest BCUT2D eigenvalue weighted by Gasteiger charge is 2.21. The van der Waals surface area contributed by atoms with E-state index in [0.717, 1.165) is 6.07 Å². The molecular formula is C10H9N3O6. The summed E-state index contributed by atoms with van der Waals surface area (Å²) in [5, 5.41) is 12.3. The van der Waals surface area contributed by atoms with Gasteiger partial charge in [0.25, 0.3) is 11.6 Å². The first-order valence-corrected chi connectivity index (χ1v) is 4.91. The third kappa shape index (κ3) is 4.07. The van der Waals surface area contributed by atoms with Crippen LogP contribution >= 0.6 is 0 Å². The molecule has 3 amide bonds. The summed E-state index contributed by atoms with van der Waals surface area (Å²) >= 11 is 0. The Bertz CT molecular complexity index is 542. The number of carbonyl (C=O) groups is 3. The van der Waals surface area contributed by atoms with Crippen LogP contribution < -0.4 is 11.1 Å². The van der Waals surface area contributed by atoms with Crippen molar-refractivity contribution in [1.29, 1.82) is 0 Å². The molecule has 1 aromatic carbocycles. The number of rotatable bonds is 4. The average Bonchev–Trinajstić information content (AvgIpc) is 2.35. The van der Waals surface area contributed by atoms with Crippen LogP contribution in [0.5, 0.6) is 0 Å². The number of imide groups is 1. The van der Waals surface area contributed by atoms with Gasteiger partial charge in [-0.25, -0.2) is 9.59 Å². The molecule has 0 aromatic heterocycles. The molecule has 1 aromatic rings. The standard InChI is InChI=1S/C10H9N3O6/c11-10(16)12-8(14)5-19-9(15)6-3-1-2-4-7(6)13(17)18/h1-4H,5H2,(H3,11,12,14,16). The quantitative estimate of drug-likeness (QED) is 0.444. The predicted molar refractivity (Wildman–Crippen MR) is 61.1 cm³/mol. The van der Waals surface area contributed by atoms with Crippen LogP contribution in [-0.4, -0.2) is 29.4 Å². The van der Waals surface area contributed by atoms with Crippen LogP contribution in [0.2, 0.25) is 0 Å². The zero-order valence-corrected chi connectivity index (χ0v) is 9.49. The Balaban J connectivity index is 2.71. The van der Waals surface area contributed by atoms with E-state index in [4.69, 9.17) is 0 Å². The second kappa shape index (κ2) is 6.10. The van der Waals surface area contributed by atoms with Crippen molar-refractivity contribution in [1.82, 2.24) is 5.32 Å². The maximum Gasteiger partial charge on any atom is 0.345 e. The molecule has 0 atom stereocenters. The molecule has 0 saturated carbocycles. The lowest BCUT2D eigenvalue weighted by Gasteiger charge is -2.04. The van der Waals surface area contributed by atoms with E-state index in [2.05, 4.69) is 10.5 Å². The number of hydrogen-bond acceptors (Lipinski definition) is 6. The molecule has 9 nitrogen and oxygen atoms in total. The largest absolute Gasteiger partial charge is 0.452 e. The van der Waals surface area contributed by atoms with Crippen LogP contribution in [0.4, 0.5) is 10.5 Å². The minimum absolute atomic E-state index is 0.292. The number of benzene rings is 1. The van der Waals surface area contributed by atoms with Gasteiger partial charge >= 0.3 is 12.0 Å². The van der Waals surface area contributed by atoms with E-state index < -0.39 is 35.1 Å². The van der Waals surface area contributed by atoms with Gasteiger partial charge in [0.2, 0.25) is 0 Å². The van der Waals surface area contributed by atoms with E-state index in [-0.39, 0.29) is 5.56 Å². The lowest BCUT2D eigenvalue weighted by atomic mass is 10.2. The van der Waals surface area contributed by atoms with Crippen molar-refractivity contribution in [3.05, 3.63) is 39.9 Å². The third-order valence-electron chi connectivity index (χ3n) is 1.92. The number of carbonyl (C=O) groups excluding carboxylic acids is 3. The SMILES string of the molecule is NC(=O)NC(=O)COC(=O)c1ccccc1[N+](=O)[O-]. The average molecular weight is 267 g/mol. The number of nitro groups is 1. The van der Waals surface area contributed by atoms with Gasteiger partial charge in [0.15, 0.2) is 6.61 Å². The number of ether oxygens (including phenoxy) is 1. The van der Waals surface area contributed by atoms with E-state index in [9.17, 15) is 24.5 Å². The lowest BCUT2D eigenvalue weighted by molar-refractivity contribution is -0.385. The van der Waals surface area contributed by atoms with Crippen molar-refractivity contribution >= 4 is 23.6 Å². The van der Waals surface area contributed by atoms with Gasteiger partial charge in [-0.2, -0.15) is 0 Å². The van der Waals surface area contributed by atoms with Gasteiger partial charge in [-0.3, -0.25) is 20.2 Å². The Labute approximate surface area is 106 Å². The zero-order chi connectivity index (χ0) is 14.4. The Morgan fingerprint density at radius 2 is 1.95 bits per heavy atom. The molecule has 3 N–H and O–H groups in total. The highest BCUT2D eigenvalue weighted by atomic mass is 16.6. The number of nitrogens with one attached hydrogen (secondary N) is 1. The summed E-state index contributed by atoms with van der Waals surface area (Å²) in [5.74, 6) is -1.98. The van der Waals surface area contributed by atoms with Gasteiger partial charge < -0.3 is 10.5 Å². The number of urea groups is 1. The maximum atomic E-state index is 11.5. The Morgan fingerprint density at radius 3 is 2.53 bits per heavy atom. The summed E-state index contributed by atoms with van der Waals surface area (Å²) in [6.07, 6.45) is 0. The van der Waals surface area contributed by atoms with Gasteiger partial charge in [-0.15, -0.1) is 0 Å². The molecule has 1 rings (SSSR count). The number of amides is 3. The molecular weight excluding hydrogens is 258 g/mol. The van der Waals surface area contributed by atoms with Crippen molar-refractivity contribution < 1.29 is 24.0 Å². The summed E-state index contributed by atoms with van der Waals surface area (Å²) in [5.41, 5.74) is 3.94. The maximum absolute atomic E-state index is 11.5. The topological polar surface area (TPSA) is 142 Å². The minimum atomic E-state index is -1.09. The van der Waals surface area contributed by atoms with Crippen LogP contribution in [0.1, 0.15) is 10.4 Å². The molecule has 0 fully saturated rings. The molecule has 100 valence electrons. The van der Waals surface area contributed by atoms with E-state index in [0.29, 0.717) is 0 Å². The van der Waals surface area contributed by atoms with E-state index in [1.54, 1.807) is 5.32 Å². The van der Waals surface area contributed by atoms with Crippen molar-refractivity contribution in [2.24, 2.45) is 5.73 Å². The van der Waals surface area contributed by atoms with Gasteiger partial charge in [0, 0.05) is 6.07 Å². The third-order valence-corrected chi connectivity index (χ3v) is 1.92. The first-order chi connectivity index (χ1) is 8.91. The summed E-state index contributed by atoms with van der Waals surface area (Å²) in [4.78, 5) is 42.8. The van der Waals surface area contributed by atoms with Crippen LogP contribution in [0.3, 0.4) is 0 Å². The molecule has 0 aliphatic rings. The fourth-order valence-corrected chi connectivity index (χ4v) is 1.19. The molecule has 19 heavy (non-hydrogen) atoms. The lowest BCUT2D eigenvalue weighted by Crippen LogP contribution is -2.37. The number of nitrogens with two attached hydrogens (primary N) is 1. The van der Waals surface area contributed by atoms with Crippen LogP contribution in [0.25, 0.3) is 0 Å². The summed E-state index contributed by atoms with van der Waals surface area (Å²) in [6.45, 7) is -0.770. The zero-order valence-electron chi connectivity index (χ0n) is 9.49. The summed E-state index contributed by atoms with van der Waals surface area (Å²) in [7, 11) is 0. The molecule has 9 heteroatoms. The first-order valence-electron chi connectivity index (χ1n) is 4.91. The Kier molecular flexibility index (Phi) is 4.52. The van der Waals surface area contributed by atoms with Crippen molar-refractivity contribution in [3.63, 3.8) is 0 Å². The molecule has 0 saturated heterocycles. The number of primary amides is 1. The van der Waals surface area contributed by atoms with Gasteiger partial charge in [-0.1, -0.05) is 12.1 Å². The highest BCUT2D eigenvalue weighted by Crippen LogP contribution is 2.18. The van der Waals surface area contributed by atoms with Gasteiger partial charge in [0.05, 0.1) is 4.92 Å².